The van der Waals surface area contributed by atoms with Crippen molar-refractivity contribution in [2.45, 2.75) is 32.6 Å². The van der Waals surface area contributed by atoms with Crippen molar-refractivity contribution < 1.29 is 9.32 Å². The van der Waals surface area contributed by atoms with Crippen LogP contribution >= 0.6 is 23.4 Å². The fraction of sp³-hybridized carbons (Fsp3) is 0.375. The van der Waals surface area contributed by atoms with Crippen LogP contribution in [0.15, 0.2) is 28.8 Å². The molecule has 1 atom stereocenters. The summed E-state index contributed by atoms with van der Waals surface area (Å²) in [7, 11) is 0. The van der Waals surface area contributed by atoms with Gasteiger partial charge in [-0.25, -0.2) is 0 Å². The van der Waals surface area contributed by atoms with E-state index in [-0.39, 0.29) is 11.2 Å². The van der Waals surface area contributed by atoms with Gasteiger partial charge in [-0.05, 0) is 38.5 Å². The van der Waals surface area contributed by atoms with E-state index >= 15 is 0 Å². The number of hydrogen-bond donors (Lipinski definition) is 1. The van der Waals surface area contributed by atoms with Crippen LogP contribution in [0.5, 0.6) is 0 Å². The van der Waals surface area contributed by atoms with Crippen molar-refractivity contribution in [3.63, 3.8) is 0 Å². The minimum Gasteiger partial charge on any atom is -0.361 e. The van der Waals surface area contributed by atoms with E-state index in [1.165, 1.54) is 0 Å². The van der Waals surface area contributed by atoms with Crippen LogP contribution in [0.4, 0.5) is 0 Å². The molecular weight excluding hydrogens is 320 g/mol. The maximum absolute atomic E-state index is 11.9. The normalized spacial score (nSPS) is 12.2. The molecule has 0 aliphatic heterocycles. The zero-order valence-electron chi connectivity index (χ0n) is 12.9. The highest BCUT2D eigenvalue weighted by molar-refractivity contribution is 8.00. The fourth-order valence-electron chi connectivity index (χ4n) is 2.02. The second kappa shape index (κ2) is 7.70. The summed E-state index contributed by atoms with van der Waals surface area (Å²) >= 11 is 7.47. The molecule has 1 aromatic carbocycles. The monoisotopic (exact) mass is 338 g/mol. The Kier molecular flexibility index (Phi) is 5.91. The SMILES string of the molecule is Cc1noc(C)c1CNC(=O)CS[C@H](C)c1ccc(Cl)cc1. The average Bonchev–Trinajstić information content (AvgIpc) is 2.82. The van der Waals surface area contributed by atoms with Gasteiger partial charge in [0.1, 0.15) is 5.76 Å². The van der Waals surface area contributed by atoms with Gasteiger partial charge in [-0.3, -0.25) is 4.79 Å². The van der Waals surface area contributed by atoms with Crippen molar-refractivity contribution in [2.24, 2.45) is 0 Å². The predicted octanol–water partition coefficient (Wildman–Crippen LogP) is 4.06. The lowest BCUT2D eigenvalue weighted by Crippen LogP contribution is -2.25. The van der Waals surface area contributed by atoms with Gasteiger partial charge >= 0.3 is 0 Å². The van der Waals surface area contributed by atoms with Gasteiger partial charge in [-0.1, -0.05) is 28.9 Å². The summed E-state index contributed by atoms with van der Waals surface area (Å²) in [5.74, 6) is 1.17. The molecule has 118 valence electrons. The summed E-state index contributed by atoms with van der Waals surface area (Å²) in [5.41, 5.74) is 2.93. The van der Waals surface area contributed by atoms with Crippen LogP contribution < -0.4 is 5.32 Å². The number of carbonyl (C=O) groups is 1. The Morgan fingerprint density at radius 3 is 2.64 bits per heavy atom. The van der Waals surface area contributed by atoms with Gasteiger partial charge in [-0.15, -0.1) is 11.8 Å². The molecule has 0 fully saturated rings. The smallest absolute Gasteiger partial charge is 0.230 e. The Morgan fingerprint density at radius 2 is 2.05 bits per heavy atom. The zero-order valence-corrected chi connectivity index (χ0v) is 14.4. The lowest BCUT2D eigenvalue weighted by atomic mass is 10.2. The molecule has 0 spiro atoms. The molecule has 1 aromatic heterocycles. The Morgan fingerprint density at radius 1 is 1.36 bits per heavy atom. The second-order valence-corrected chi connectivity index (χ2v) is 6.85. The average molecular weight is 339 g/mol. The third-order valence-corrected chi connectivity index (χ3v) is 4.90. The first-order valence-corrected chi connectivity index (χ1v) is 8.45. The van der Waals surface area contributed by atoms with E-state index in [4.69, 9.17) is 16.1 Å². The number of aromatic nitrogens is 1. The molecule has 0 unspecified atom stereocenters. The molecule has 1 heterocycles. The molecule has 0 saturated carbocycles. The van der Waals surface area contributed by atoms with Crippen molar-refractivity contribution in [2.75, 3.05) is 5.75 Å². The zero-order chi connectivity index (χ0) is 16.1. The van der Waals surface area contributed by atoms with Crippen molar-refractivity contribution >= 4 is 29.3 Å². The highest BCUT2D eigenvalue weighted by atomic mass is 35.5. The number of carbonyl (C=O) groups excluding carboxylic acids is 1. The van der Waals surface area contributed by atoms with Gasteiger partial charge in [0.05, 0.1) is 11.4 Å². The van der Waals surface area contributed by atoms with E-state index in [0.29, 0.717) is 12.3 Å². The number of benzene rings is 1. The minimum atomic E-state index is 0.00538. The number of halogens is 1. The van der Waals surface area contributed by atoms with Crippen molar-refractivity contribution in [1.82, 2.24) is 10.5 Å². The first-order chi connectivity index (χ1) is 10.5. The van der Waals surface area contributed by atoms with Gasteiger partial charge in [0.2, 0.25) is 5.91 Å². The van der Waals surface area contributed by atoms with Crippen molar-refractivity contribution in [1.29, 1.82) is 0 Å². The van der Waals surface area contributed by atoms with Gasteiger partial charge in [0, 0.05) is 22.4 Å². The summed E-state index contributed by atoms with van der Waals surface area (Å²) in [6.45, 7) is 6.25. The molecule has 2 rings (SSSR count). The molecule has 0 aliphatic carbocycles. The number of nitrogens with zero attached hydrogens (tertiary/aromatic N) is 1. The number of thioether (sulfide) groups is 1. The third kappa shape index (κ3) is 4.52. The number of aryl methyl sites for hydroxylation is 2. The molecule has 22 heavy (non-hydrogen) atoms. The van der Waals surface area contributed by atoms with E-state index < -0.39 is 0 Å². The molecule has 2 aromatic rings. The second-order valence-electron chi connectivity index (χ2n) is 5.08. The van der Waals surface area contributed by atoms with Gasteiger partial charge < -0.3 is 9.84 Å². The van der Waals surface area contributed by atoms with Crippen LogP contribution in [0.2, 0.25) is 5.02 Å². The van der Waals surface area contributed by atoms with Gasteiger partial charge in [0.15, 0.2) is 0 Å². The maximum Gasteiger partial charge on any atom is 0.230 e. The third-order valence-electron chi connectivity index (χ3n) is 3.45. The van der Waals surface area contributed by atoms with Crippen LogP contribution in [0.25, 0.3) is 0 Å². The standard InChI is InChI=1S/C16H19ClN2O2S/c1-10-15(11(2)21-19-10)8-18-16(20)9-22-12(3)13-4-6-14(17)7-5-13/h4-7,12H,8-9H2,1-3H3,(H,18,20)/t12-/m1/s1. The lowest BCUT2D eigenvalue weighted by molar-refractivity contribution is -0.118. The largest absolute Gasteiger partial charge is 0.361 e. The summed E-state index contributed by atoms with van der Waals surface area (Å²) in [5, 5.41) is 7.73. The highest BCUT2D eigenvalue weighted by Crippen LogP contribution is 2.28. The molecule has 6 heteroatoms. The summed E-state index contributed by atoms with van der Waals surface area (Å²) in [4.78, 5) is 11.9. The summed E-state index contributed by atoms with van der Waals surface area (Å²) in [6, 6.07) is 7.71. The minimum absolute atomic E-state index is 0.00538. The van der Waals surface area contributed by atoms with Crippen LogP contribution in [0, 0.1) is 13.8 Å². The van der Waals surface area contributed by atoms with Crippen LogP contribution in [0.1, 0.15) is 34.8 Å². The number of hydrogen-bond acceptors (Lipinski definition) is 4. The molecule has 1 amide bonds. The molecule has 0 bridgehead atoms. The number of amides is 1. The maximum atomic E-state index is 11.9. The Hall–Kier alpha value is -1.46. The molecule has 0 saturated heterocycles. The lowest BCUT2D eigenvalue weighted by Gasteiger charge is -2.12. The summed E-state index contributed by atoms with van der Waals surface area (Å²) < 4.78 is 5.08. The Balaban J connectivity index is 1.79. The fourth-order valence-corrected chi connectivity index (χ4v) is 3.00. The first kappa shape index (κ1) is 16.9. The van der Waals surface area contributed by atoms with Crippen molar-refractivity contribution in [3.8, 4) is 0 Å². The molecule has 4 nitrogen and oxygen atoms in total. The molecule has 0 radical (unpaired) electrons. The van der Waals surface area contributed by atoms with E-state index in [2.05, 4.69) is 17.4 Å². The van der Waals surface area contributed by atoms with E-state index in [0.717, 1.165) is 27.6 Å². The number of nitrogens with one attached hydrogen (secondary N) is 1. The van der Waals surface area contributed by atoms with Crippen LogP contribution in [0.3, 0.4) is 0 Å². The van der Waals surface area contributed by atoms with E-state index in [9.17, 15) is 4.79 Å². The van der Waals surface area contributed by atoms with Gasteiger partial charge in [-0.2, -0.15) is 0 Å². The predicted molar refractivity (Wildman–Crippen MR) is 90.1 cm³/mol. The topological polar surface area (TPSA) is 55.1 Å². The molecular formula is C16H19ClN2O2S. The Labute approximate surface area is 139 Å². The van der Waals surface area contributed by atoms with E-state index in [1.54, 1.807) is 11.8 Å². The molecule has 1 N–H and O–H groups in total. The van der Waals surface area contributed by atoms with Gasteiger partial charge in [0.25, 0.3) is 0 Å². The Bertz CT molecular complexity index is 621. The summed E-state index contributed by atoms with van der Waals surface area (Å²) in [6.07, 6.45) is 0. The first-order valence-electron chi connectivity index (χ1n) is 7.03. The number of rotatable bonds is 6. The van der Waals surface area contributed by atoms with Crippen molar-refractivity contribution in [3.05, 3.63) is 51.9 Å². The highest BCUT2D eigenvalue weighted by Gasteiger charge is 2.12. The van der Waals surface area contributed by atoms with Crippen LogP contribution in [-0.4, -0.2) is 16.8 Å². The molecule has 0 aliphatic rings. The van der Waals surface area contributed by atoms with Crippen LogP contribution in [-0.2, 0) is 11.3 Å². The van der Waals surface area contributed by atoms with E-state index in [1.807, 2.05) is 38.1 Å². The quantitative estimate of drug-likeness (QED) is 0.863.